The Morgan fingerprint density at radius 2 is 1.74 bits per heavy atom. The molecule has 0 aliphatic rings. The van der Waals surface area contributed by atoms with Crippen molar-refractivity contribution in [2.24, 2.45) is 0 Å². The van der Waals surface area contributed by atoms with Crippen LogP contribution in [0.25, 0.3) is 0 Å². The monoisotopic (exact) mass is 382 g/mol. The molecule has 3 rings (SSSR count). The third-order valence-electron chi connectivity index (χ3n) is 3.50. The first-order chi connectivity index (χ1) is 13.1. The molecule has 138 valence electrons. The molecule has 0 unspecified atom stereocenters. The summed E-state index contributed by atoms with van der Waals surface area (Å²) in [5.41, 5.74) is 1.05. The zero-order valence-electron chi connectivity index (χ0n) is 14.7. The third-order valence-corrected chi connectivity index (χ3v) is 4.30. The second kappa shape index (κ2) is 8.95. The number of hydrogen-bond acceptors (Lipinski definition) is 6. The molecule has 2 aromatic carbocycles. The number of benzene rings is 2. The van der Waals surface area contributed by atoms with Crippen LogP contribution in [0.15, 0.2) is 60.0 Å². The van der Waals surface area contributed by atoms with E-state index in [0.29, 0.717) is 28.7 Å². The first-order valence-electron chi connectivity index (χ1n) is 8.38. The first-order valence-corrected chi connectivity index (χ1v) is 9.26. The summed E-state index contributed by atoms with van der Waals surface area (Å²) in [6, 6.07) is 16.2. The second-order valence-electron chi connectivity index (χ2n) is 5.52. The van der Waals surface area contributed by atoms with Crippen LogP contribution in [0.3, 0.4) is 0 Å². The minimum atomic E-state index is -0.338. The van der Waals surface area contributed by atoms with Gasteiger partial charge in [-0.25, -0.2) is 4.98 Å². The number of carbonyl (C=O) groups is 2. The molecule has 0 atom stereocenters. The molecule has 7 heteroatoms. The molecular formula is C20H18N2O4S. The van der Waals surface area contributed by atoms with E-state index in [9.17, 15) is 9.59 Å². The van der Waals surface area contributed by atoms with Crippen molar-refractivity contribution in [2.45, 2.75) is 13.3 Å². The number of nitrogens with one attached hydrogen (secondary N) is 1. The average Bonchev–Trinajstić information content (AvgIpc) is 3.10. The van der Waals surface area contributed by atoms with Gasteiger partial charge in [0.25, 0.3) is 5.91 Å². The number of nitrogens with zero attached hydrogens (tertiary/aromatic N) is 1. The van der Waals surface area contributed by atoms with E-state index >= 15 is 0 Å². The summed E-state index contributed by atoms with van der Waals surface area (Å²) in [7, 11) is 0. The Kier molecular flexibility index (Phi) is 6.17. The van der Waals surface area contributed by atoms with Crippen LogP contribution in [-0.2, 0) is 16.0 Å². The number of aromatic nitrogens is 1. The highest BCUT2D eigenvalue weighted by Gasteiger charge is 2.12. The summed E-state index contributed by atoms with van der Waals surface area (Å²) in [5, 5.41) is 4.89. The lowest BCUT2D eigenvalue weighted by Crippen LogP contribution is -2.12. The predicted octanol–water partition coefficient (Wildman–Crippen LogP) is 4.29. The molecule has 0 spiro atoms. The maximum Gasteiger partial charge on any atom is 0.311 e. The molecule has 0 saturated heterocycles. The Hall–Kier alpha value is -3.19. The Bertz CT molecular complexity index is 907. The maximum atomic E-state index is 12.3. The van der Waals surface area contributed by atoms with Gasteiger partial charge in [0.1, 0.15) is 11.5 Å². The number of rotatable bonds is 7. The Morgan fingerprint density at radius 1 is 1.04 bits per heavy atom. The third kappa shape index (κ3) is 5.39. The van der Waals surface area contributed by atoms with E-state index in [2.05, 4.69) is 10.3 Å². The summed E-state index contributed by atoms with van der Waals surface area (Å²) in [6.07, 6.45) is 0.0890. The van der Waals surface area contributed by atoms with Crippen LogP contribution >= 0.6 is 11.3 Å². The van der Waals surface area contributed by atoms with Crippen LogP contribution < -0.4 is 10.1 Å². The van der Waals surface area contributed by atoms with Crippen LogP contribution in [0.1, 0.15) is 23.0 Å². The van der Waals surface area contributed by atoms with Gasteiger partial charge in [0, 0.05) is 10.9 Å². The molecule has 0 aliphatic heterocycles. The summed E-state index contributed by atoms with van der Waals surface area (Å²) in [6.45, 7) is 2.08. The van der Waals surface area contributed by atoms with Gasteiger partial charge in [-0.3, -0.25) is 14.9 Å². The fourth-order valence-electron chi connectivity index (χ4n) is 2.27. The highest BCUT2D eigenvalue weighted by Crippen LogP contribution is 2.22. The molecule has 0 aliphatic carbocycles. The van der Waals surface area contributed by atoms with Gasteiger partial charge in [0.15, 0.2) is 5.13 Å². The van der Waals surface area contributed by atoms with E-state index in [1.807, 2.05) is 30.3 Å². The highest BCUT2D eigenvalue weighted by atomic mass is 32.1. The lowest BCUT2D eigenvalue weighted by atomic mass is 10.2. The first kappa shape index (κ1) is 18.6. The molecule has 1 N–H and O–H groups in total. The van der Waals surface area contributed by atoms with Gasteiger partial charge in [-0.05, 0) is 43.3 Å². The smallest absolute Gasteiger partial charge is 0.311 e. The van der Waals surface area contributed by atoms with Crippen molar-refractivity contribution in [3.63, 3.8) is 0 Å². The number of carbonyl (C=O) groups excluding carboxylic acids is 2. The normalized spacial score (nSPS) is 10.3. The number of amides is 1. The van der Waals surface area contributed by atoms with E-state index in [1.165, 1.54) is 11.3 Å². The van der Waals surface area contributed by atoms with Gasteiger partial charge in [0.05, 0.1) is 18.7 Å². The molecule has 6 nitrogen and oxygen atoms in total. The van der Waals surface area contributed by atoms with Crippen LogP contribution in [-0.4, -0.2) is 23.5 Å². The predicted molar refractivity (Wildman–Crippen MR) is 103 cm³/mol. The van der Waals surface area contributed by atoms with E-state index in [4.69, 9.17) is 9.47 Å². The van der Waals surface area contributed by atoms with E-state index in [0.717, 1.165) is 5.75 Å². The summed E-state index contributed by atoms with van der Waals surface area (Å²) in [4.78, 5) is 28.0. The zero-order chi connectivity index (χ0) is 19.1. The number of ether oxygens (including phenoxy) is 2. The minimum Gasteiger partial charge on any atom is -0.466 e. The average molecular weight is 382 g/mol. The van der Waals surface area contributed by atoms with Crippen LogP contribution in [0.4, 0.5) is 5.13 Å². The van der Waals surface area contributed by atoms with E-state index in [1.54, 1.807) is 36.6 Å². The topological polar surface area (TPSA) is 77.5 Å². The molecule has 0 saturated carbocycles. The molecule has 0 bridgehead atoms. The molecule has 1 aromatic heterocycles. The van der Waals surface area contributed by atoms with Crippen molar-refractivity contribution < 1.29 is 19.1 Å². The quantitative estimate of drug-likeness (QED) is 0.617. The number of thiazole rings is 1. The number of hydrogen-bond donors (Lipinski definition) is 1. The van der Waals surface area contributed by atoms with Crippen molar-refractivity contribution >= 4 is 28.3 Å². The fraction of sp³-hybridized carbons (Fsp3) is 0.150. The van der Waals surface area contributed by atoms with E-state index < -0.39 is 0 Å². The van der Waals surface area contributed by atoms with Gasteiger partial charge in [-0.15, -0.1) is 11.3 Å². The van der Waals surface area contributed by atoms with Crippen LogP contribution in [0.5, 0.6) is 11.5 Å². The zero-order valence-corrected chi connectivity index (χ0v) is 15.5. The maximum absolute atomic E-state index is 12.3. The summed E-state index contributed by atoms with van der Waals surface area (Å²) < 4.78 is 10.6. The van der Waals surface area contributed by atoms with Gasteiger partial charge < -0.3 is 9.47 Å². The van der Waals surface area contributed by atoms with Crippen LogP contribution in [0, 0.1) is 0 Å². The van der Waals surface area contributed by atoms with Gasteiger partial charge in [-0.2, -0.15) is 0 Å². The molecule has 1 heterocycles. The largest absolute Gasteiger partial charge is 0.466 e. The van der Waals surface area contributed by atoms with Crippen molar-refractivity contribution in [3.05, 3.63) is 71.2 Å². The SMILES string of the molecule is CCOC(=O)Cc1csc(NC(=O)c2ccc(Oc3ccccc3)cc2)n1. The standard InChI is InChI=1S/C20H18N2O4S/c1-2-25-18(23)12-15-13-27-20(21-15)22-19(24)14-8-10-17(11-9-14)26-16-6-4-3-5-7-16/h3-11,13H,2,12H2,1H3,(H,21,22,24). The summed E-state index contributed by atoms with van der Waals surface area (Å²) in [5.74, 6) is 0.753. The number of anilines is 1. The van der Waals surface area contributed by atoms with Crippen molar-refractivity contribution in [3.8, 4) is 11.5 Å². The summed E-state index contributed by atoms with van der Waals surface area (Å²) >= 11 is 1.26. The molecule has 3 aromatic rings. The lowest BCUT2D eigenvalue weighted by molar-refractivity contribution is -0.142. The second-order valence-corrected chi connectivity index (χ2v) is 6.38. The minimum absolute atomic E-state index is 0.0890. The molecule has 27 heavy (non-hydrogen) atoms. The molecular weight excluding hydrogens is 364 g/mol. The Labute approximate surface area is 160 Å². The molecule has 0 radical (unpaired) electrons. The van der Waals surface area contributed by atoms with Crippen molar-refractivity contribution in [1.29, 1.82) is 0 Å². The van der Waals surface area contributed by atoms with Gasteiger partial charge in [-0.1, -0.05) is 18.2 Å². The van der Waals surface area contributed by atoms with Gasteiger partial charge >= 0.3 is 5.97 Å². The number of esters is 1. The van der Waals surface area contributed by atoms with Crippen LogP contribution in [0.2, 0.25) is 0 Å². The fourth-order valence-corrected chi connectivity index (χ4v) is 2.98. The number of para-hydroxylation sites is 1. The van der Waals surface area contributed by atoms with Crippen molar-refractivity contribution in [1.82, 2.24) is 4.98 Å². The lowest BCUT2D eigenvalue weighted by Gasteiger charge is -2.06. The Morgan fingerprint density at radius 3 is 2.44 bits per heavy atom. The van der Waals surface area contributed by atoms with E-state index in [-0.39, 0.29) is 18.3 Å². The molecule has 1 amide bonds. The highest BCUT2D eigenvalue weighted by molar-refractivity contribution is 7.14. The molecule has 0 fully saturated rings. The Balaban J connectivity index is 1.58. The van der Waals surface area contributed by atoms with Crippen molar-refractivity contribution in [2.75, 3.05) is 11.9 Å². The van der Waals surface area contributed by atoms with Gasteiger partial charge in [0.2, 0.25) is 0 Å².